The van der Waals surface area contributed by atoms with E-state index >= 15 is 8.78 Å². The lowest BCUT2D eigenvalue weighted by atomic mass is 9.86. The Balaban J connectivity index is 1.93. The number of benzene rings is 2. The van der Waals surface area contributed by atoms with E-state index in [1.54, 1.807) is 34.8 Å². The van der Waals surface area contributed by atoms with Crippen molar-refractivity contribution in [3.05, 3.63) is 94.3 Å². The number of hydrogen-bond acceptors (Lipinski definition) is 5. The zero-order chi connectivity index (χ0) is 30.5. The number of rotatable bonds is 12. The van der Waals surface area contributed by atoms with Crippen LogP contribution in [0.4, 0.5) is 17.6 Å². The topological polar surface area (TPSA) is 71.5 Å². The highest BCUT2D eigenvalue weighted by molar-refractivity contribution is 7.84. The van der Waals surface area contributed by atoms with Gasteiger partial charge in [0.1, 0.15) is 28.9 Å². The van der Waals surface area contributed by atoms with Crippen molar-refractivity contribution in [1.29, 1.82) is 0 Å². The van der Waals surface area contributed by atoms with Crippen molar-refractivity contribution in [3.63, 3.8) is 0 Å². The number of nitrogens with one attached hydrogen (secondary N) is 1. The fourth-order valence-electron chi connectivity index (χ4n) is 4.24. The molecule has 3 aromatic rings. The summed E-state index contributed by atoms with van der Waals surface area (Å²) in [5, 5.41) is 0. The Morgan fingerprint density at radius 1 is 1.02 bits per heavy atom. The van der Waals surface area contributed by atoms with Gasteiger partial charge in [-0.25, -0.2) is 31.5 Å². The molecule has 3 rings (SSSR count). The molecule has 2 aromatic carbocycles. The van der Waals surface area contributed by atoms with Crippen LogP contribution >= 0.6 is 0 Å². The SMILES string of the molecule is COc1ccc(CN(C)CC[C@](C)(N[S@@](=O)C(C)(C)C)c2c(F)ccc(CC(=O)c3ncc(F)cc3F)c2F)cc1. The summed E-state index contributed by atoms with van der Waals surface area (Å²) in [5.74, 6) is -4.21. The predicted octanol–water partition coefficient (Wildman–Crippen LogP) is 5.86. The second kappa shape index (κ2) is 13.2. The number of carbonyl (C=O) groups is 1. The molecule has 0 saturated heterocycles. The van der Waals surface area contributed by atoms with Crippen molar-refractivity contribution >= 4 is 16.8 Å². The first kappa shape index (κ1) is 32.4. The van der Waals surface area contributed by atoms with Gasteiger partial charge in [-0.15, -0.1) is 0 Å². The minimum Gasteiger partial charge on any atom is -0.497 e. The van der Waals surface area contributed by atoms with Gasteiger partial charge in [0, 0.05) is 31.1 Å². The summed E-state index contributed by atoms with van der Waals surface area (Å²) in [5.41, 5.74) is -1.69. The molecular weight excluding hydrogens is 558 g/mol. The summed E-state index contributed by atoms with van der Waals surface area (Å²) < 4.78 is 79.4. The summed E-state index contributed by atoms with van der Waals surface area (Å²) in [6, 6.07) is 10.2. The molecule has 0 saturated carbocycles. The van der Waals surface area contributed by atoms with E-state index in [9.17, 15) is 17.8 Å². The molecule has 1 N–H and O–H groups in total. The lowest BCUT2D eigenvalue weighted by Crippen LogP contribution is -2.48. The van der Waals surface area contributed by atoms with Crippen LogP contribution in [0.2, 0.25) is 0 Å². The number of Topliss-reactive ketones (excluding diaryl/α,β-unsaturated/α-hetero) is 1. The van der Waals surface area contributed by atoms with Crippen LogP contribution in [0, 0.1) is 23.3 Å². The van der Waals surface area contributed by atoms with Gasteiger partial charge >= 0.3 is 0 Å². The van der Waals surface area contributed by atoms with Crippen LogP contribution in [0.1, 0.15) is 61.3 Å². The minimum absolute atomic E-state index is 0.154. The van der Waals surface area contributed by atoms with Crippen molar-refractivity contribution < 1.29 is 31.3 Å². The second-order valence-corrected chi connectivity index (χ2v) is 13.1. The Hall–Kier alpha value is -3.15. The van der Waals surface area contributed by atoms with Gasteiger partial charge in [-0.3, -0.25) is 4.79 Å². The number of hydrogen-bond donors (Lipinski definition) is 1. The summed E-state index contributed by atoms with van der Waals surface area (Å²) in [6.07, 6.45) is 0.208. The molecule has 0 spiro atoms. The van der Waals surface area contributed by atoms with Gasteiger partial charge in [-0.1, -0.05) is 18.2 Å². The van der Waals surface area contributed by atoms with Crippen LogP contribution in [0.3, 0.4) is 0 Å². The van der Waals surface area contributed by atoms with Crippen molar-refractivity contribution in [2.45, 2.75) is 57.4 Å². The number of halogens is 4. The van der Waals surface area contributed by atoms with Gasteiger partial charge in [-0.05, 0) is 70.5 Å². The quantitative estimate of drug-likeness (QED) is 0.210. The Labute approximate surface area is 240 Å². The van der Waals surface area contributed by atoms with Gasteiger partial charge in [0.2, 0.25) is 0 Å². The largest absolute Gasteiger partial charge is 0.497 e. The van der Waals surface area contributed by atoms with Crippen LogP contribution in [-0.2, 0) is 29.5 Å². The first-order valence-electron chi connectivity index (χ1n) is 13.0. The average Bonchev–Trinajstić information content (AvgIpc) is 2.89. The third kappa shape index (κ3) is 8.21. The van der Waals surface area contributed by atoms with E-state index in [0.717, 1.165) is 23.4 Å². The highest BCUT2D eigenvalue weighted by Gasteiger charge is 2.38. The molecule has 0 bridgehead atoms. The highest BCUT2D eigenvalue weighted by Crippen LogP contribution is 2.34. The van der Waals surface area contributed by atoms with E-state index in [4.69, 9.17) is 4.74 Å². The zero-order valence-corrected chi connectivity index (χ0v) is 24.8. The summed E-state index contributed by atoms with van der Waals surface area (Å²) in [4.78, 5) is 18.2. The lowest BCUT2D eigenvalue weighted by molar-refractivity contribution is 0.0982. The lowest BCUT2D eigenvalue weighted by Gasteiger charge is -2.36. The van der Waals surface area contributed by atoms with Crippen molar-refractivity contribution in [2.75, 3.05) is 20.7 Å². The van der Waals surface area contributed by atoms with E-state index in [-0.39, 0.29) is 17.5 Å². The summed E-state index contributed by atoms with van der Waals surface area (Å²) in [7, 11) is 1.73. The molecule has 0 radical (unpaired) electrons. The smallest absolute Gasteiger partial charge is 0.188 e. The van der Waals surface area contributed by atoms with Crippen LogP contribution in [-0.4, -0.2) is 45.3 Å². The van der Waals surface area contributed by atoms with Crippen molar-refractivity contribution in [3.8, 4) is 5.75 Å². The molecule has 0 unspecified atom stereocenters. The van der Waals surface area contributed by atoms with Crippen LogP contribution in [0.5, 0.6) is 5.75 Å². The van der Waals surface area contributed by atoms with Gasteiger partial charge in [0.25, 0.3) is 0 Å². The standard InChI is InChI=1S/C30H35F4N3O3S/c1-29(2,3)41(39)36-30(4,13-14-37(5)18-19-7-10-22(40-6)11-8-19)26-23(32)12-9-20(27(26)34)15-25(38)28-24(33)16-21(31)17-35-28/h7-12,16-17,36H,13-15,18H2,1-6H3/t30-,41-/m0/s1. The molecule has 6 nitrogen and oxygen atoms in total. The third-order valence-electron chi connectivity index (χ3n) is 6.63. The van der Waals surface area contributed by atoms with Gasteiger partial charge in [0.05, 0.1) is 34.6 Å². The first-order chi connectivity index (χ1) is 19.1. The van der Waals surface area contributed by atoms with Gasteiger partial charge < -0.3 is 9.64 Å². The van der Waals surface area contributed by atoms with Crippen LogP contribution in [0.25, 0.3) is 0 Å². The molecule has 0 aliphatic rings. The second-order valence-electron chi connectivity index (χ2n) is 11.1. The molecule has 41 heavy (non-hydrogen) atoms. The molecule has 0 aliphatic carbocycles. The predicted molar refractivity (Wildman–Crippen MR) is 151 cm³/mol. The number of pyridine rings is 1. The fourth-order valence-corrected chi connectivity index (χ4v) is 5.15. The molecule has 0 aliphatic heterocycles. The monoisotopic (exact) mass is 593 g/mol. The number of carbonyl (C=O) groups excluding carboxylic acids is 1. The number of ether oxygens (including phenoxy) is 1. The first-order valence-corrected chi connectivity index (χ1v) is 14.1. The van der Waals surface area contributed by atoms with E-state index in [1.165, 1.54) is 0 Å². The average molecular weight is 594 g/mol. The Kier molecular flexibility index (Phi) is 10.4. The Morgan fingerprint density at radius 2 is 1.68 bits per heavy atom. The molecule has 0 amide bonds. The molecule has 0 fully saturated rings. The molecule has 1 aromatic heterocycles. The molecule has 222 valence electrons. The van der Waals surface area contributed by atoms with E-state index in [0.29, 0.717) is 25.4 Å². The maximum Gasteiger partial charge on any atom is 0.188 e. The highest BCUT2D eigenvalue weighted by atomic mass is 32.2. The number of ketones is 1. The van der Waals surface area contributed by atoms with Gasteiger partial charge in [-0.2, -0.15) is 0 Å². The number of nitrogens with zero attached hydrogens (tertiary/aromatic N) is 2. The van der Waals surface area contributed by atoms with Gasteiger partial charge in [0.15, 0.2) is 11.6 Å². The number of methoxy groups -OCH3 is 1. The van der Waals surface area contributed by atoms with E-state index in [2.05, 4.69) is 9.71 Å². The Morgan fingerprint density at radius 3 is 2.27 bits per heavy atom. The van der Waals surface area contributed by atoms with E-state index in [1.807, 2.05) is 36.2 Å². The molecule has 11 heteroatoms. The minimum atomic E-state index is -1.71. The van der Waals surface area contributed by atoms with Crippen LogP contribution < -0.4 is 9.46 Å². The zero-order valence-electron chi connectivity index (χ0n) is 24.0. The Bertz CT molecular complexity index is 1410. The van der Waals surface area contributed by atoms with E-state index < -0.39 is 62.4 Å². The third-order valence-corrected chi connectivity index (χ3v) is 8.37. The summed E-state index contributed by atoms with van der Waals surface area (Å²) in [6.45, 7) is 7.67. The van der Waals surface area contributed by atoms with Crippen LogP contribution in [0.15, 0.2) is 48.7 Å². The van der Waals surface area contributed by atoms with Crippen molar-refractivity contribution in [1.82, 2.24) is 14.6 Å². The van der Waals surface area contributed by atoms with Crippen molar-refractivity contribution in [2.24, 2.45) is 0 Å². The number of aromatic nitrogens is 1. The maximum absolute atomic E-state index is 16.0. The molecule has 1 heterocycles. The molecular formula is C30H35F4N3O3S. The normalized spacial score (nSPS) is 14.1. The fraction of sp³-hybridized carbons (Fsp3) is 0.400. The maximum atomic E-state index is 16.0. The summed E-state index contributed by atoms with van der Waals surface area (Å²) >= 11 is 0. The molecule has 2 atom stereocenters.